The molecule has 1 aliphatic heterocycles. The predicted molar refractivity (Wildman–Crippen MR) is 133 cm³/mol. The molecule has 6 rings (SSSR count). The number of aryl methyl sites for hydroxylation is 1. The van der Waals surface area contributed by atoms with E-state index in [2.05, 4.69) is 43.2 Å². The van der Waals surface area contributed by atoms with Gasteiger partial charge in [-0.2, -0.15) is 10.2 Å². The van der Waals surface area contributed by atoms with Gasteiger partial charge in [-0.15, -0.1) is 0 Å². The summed E-state index contributed by atoms with van der Waals surface area (Å²) >= 11 is 0. The number of amides is 1. The van der Waals surface area contributed by atoms with E-state index < -0.39 is 0 Å². The largest absolute Gasteiger partial charge is 0.340 e. The molecule has 3 aromatic heterocycles. The molecule has 1 amide bonds. The molecule has 1 aromatic carbocycles. The highest BCUT2D eigenvalue weighted by Gasteiger charge is 2.45. The molecular weight excluding hydrogens is 438 g/mol. The average Bonchev–Trinajstić information content (AvgIpc) is 3.62. The minimum absolute atomic E-state index is 0.0710. The molecule has 4 aromatic rings. The minimum atomic E-state index is 0.0710. The number of nitrogens with zero attached hydrogens (tertiary/aromatic N) is 7. The molecule has 8 nitrogen and oxygen atoms in total. The Morgan fingerprint density at radius 3 is 2.23 bits per heavy atom. The van der Waals surface area contributed by atoms with Gasteiger partial charge < -0.3 is 4.90 Å². The van der Waals surface area contributed by atoms with Crippen molar-refractivity contribution >= 4 is 5.91 Å². The third kappa shape index (κ3) is 3.92. The Morgan fingerprint density at radius 1 is 0.829 bits per heavy atom. The van der Waals surface area contributed by atoms with Crippen molar-refractivity contribution in [1.29, 1.82) is 0 Å². The molecule has 1 spiro atoms. The average molecular weight is 468 g/mol. The van der Waals surface area contributed by atoms with Gasteiger partial charge >= 0.3 is 0 Å². The zero-order valence-electron chi connectivity index (χ0n) is 20.1. The summed E-state index contributed by atoms with van der Waals surface area (Å²) in [6.07, 6.45) is 17.5. The van der Waals surface area contributed by atoms with Crippen molar-refractivity contribution in [2.45, 2.75) is 50.1 Å². The number of benzene rings is 1. The van der Waals surface area contributed by atoms with E-state index in [1.807, 2.05) is 62.1 Å². The van der Waals surface area contributed by atoms with Crippen LogP contribution in [0, 0.1) is 0 Å². The van der Waals surface area contributed by atoms with Crippen molar-refractivity contribution in [1.82, 2.24) is 34.4 Å². The Balaban J connectivity index is 1.16. The van der Waals surface area contributed by atoms with Crippen LogP contribution in [0.4, 0.5) is 0 Å². The molecule has 178 valence electrons. The smallest absolute Gasteiger partial charge is 0.222 e. The summed E-state index contributed by atoms with van der Waals surface area (Å²) in [7, 11) is 3.89. The van der Waals surface area contributed by atoms with Crippen LogP contribution in [0.25, 0.3) is 33.6 Å². The van der Waals surface area contributed by atoms with Gasteiger partial charge in [0.25, 0.3) is 0 Å². The monoisotopic (exact) mass is 467 g/mol. The molecule has 1 saturated heterocycles. The first-order valence-electron chi connectivity index (χ1n) is 12.2. The number of carbonyl (C=O) groups is 1. The van der Waals surface area contributed by atoms with Crippen LogP contribution in [-0.2, 0) is 11.8 Å². The van der Waals surface area contributed by atoms with E-state index in [1.54, 1.807) is 4.68 Å². The van der Waals surface area contributed by atoms with Crippen molar-refractivity contribution in [3.8, 4) is 33.6 Å². The summed E-state index contributed by atoms with van der Waals surface area (Å²) in [5.41, 5.74) is 5.18. The summed E-state index contributed by atoms with van der Waals surface area (Å²) in [5, 5.41) is 8.93. The molecule has 2 fully saturated rings. The first-order chi connectivity index (χ1) is 17.0. The van der Waals surface area contributed by atoms with E-state index in [0.717, 1.165) is 59.9 Å². The Morgan fingerprint density at radius 2 is 1.54 bits per heavy atom. The zero-order chi connectivity index (χ0) is 24.0. The topological polar surface area (TPSA) is 81.7 Å². The van der Waals surface area contributed by atoms with Crippen LogP contribution >= 0.6 is 0 Å². The maximum atomic E-state index is 12.0. The first-order valence-corrected chi connectivity index (χ1v) is 12.2. The van der Waals surface area contributed by atoms with Crippen LogP contribution in [-0.4, -0.2) is 52.9 Å². The van der Waals surface area contributed by atoms with Crippen LogP contribution in [0.15, 0.2) is 61.4 Å². The van der Waals surface area contributed by atoms with Crippen molar-refractivity contribution < 1.29 is 4.79 Å². The maximum Gasteiger partial charge on any atom is 0.222 e. The standard InChI is InChI=1S/C27H29N7O/c1-32-17-22(15-30-32)19-4-3-5-20(12-19)26-28-13-21(14-29-26)23-16-31-34(18-23)24-6-9-27(10-7-24)11-8-25(35)33(27)2/h3-5,12-18,24H,6-11H2,1-2H3/t24-,27+. The van der Waals surface area contributed by atoms with Crippen LogP contribution in [0.5, 0.6) is 0 Å². The van der Waals surface area contributed by atoms with E-state index in [9.17, 15) is 4.79 Å². The second-order valence-electron chi connectivity index (χ2n) is 9.90. The lowest BCUT2D eigenvalue weighted by atomic mass is 9.78. The molecule has 4 heterocycles. The highest BCUT2D eigenvalue weighted by molar-refractivity contribution is 5.79. The Labute approximate surface area is 204 Å². The Kier molecular flexibility index (Phi) is 5.24. The van der Waals surface area contributed by atoms with E-state index >= 15 is 0 Å². The van der Waals surface area contributed by atoms with Gasteiger partial charge in [-0.3, -0.25) is 14.2 Å². The summed E-state index contributed by atoms with van der Waals surface area (Å²) < 4.78 is 3.89. The molecular formula is C27H29N7O. The van der Waals surface area contributed by atoms with Gasteiger partial charge in [0.15, 0.2) is 5.82 Å². The molecule has 2 aliphatic rings. The molecule has 0 unspecified atom stereocenters. The highest BCUT2D eigenvalue weighted by atomic mass is 16.2. The molecule has 8 heteroatoms. The van der Waals surface area contributed by atoms with Gasteiger partial charge in [-0.05, 0) is 43.7 Å². The van der Waals surface area contributed by atoms with Gasteiger partial charge in [0.05, 0.1) is 18.4 Å². The predicted octanol–water partition coefficient (Wildman–Crippen LogP) is 4.51. The van der Waals surface area contributed by atoms with Crippen LogP contribution in [0.2, 0.25) is 0 Å². The number of likely N-dealkylation sites (tertiary alicyclic amines) is 1. The van der Waals surface area contributed by atoms with Crippen LogP contribution in [0.1, 0.15) is 44.6 Å². The van der Waals surface area contributed by atoms with E-state index in [4.69, 9.17) is 0 Å². The second-order valence-corrected chi connectivity index (χ2v) is 9.90. The van der Waals surface area contributed by atoms with Crippen LogP contribution in [0.3, 0.4) is 0 Å². The molecule has 1 saturated carbocycles. The lowest BCUT2D eigenvalue weighted by Crippen LogP contribution is -2.46. The summed E-state index contributed by atoms with van der Waals surface area (Å²) in [4.78, 5) is 23.3. The lowest BCUT2D eigenvalue weighted by Gasteiger charge is -2.42. The fourth-order valence-electron chi connectivity index (χ4n) is 5.65. The van der Waals surface area contributed by atoms with Gasteiger partial charge in [-0.25, -0.2) is 9.97 Å². The highest BCUT2D eigenvalue weighted by Crippen LogP contribution is 2.44. The number of hydrogen-bond donors (Lipinski definition) is 0. The Hall–Kier alpha value is -3.81. The number of aromatic nitrogens is 6. The maximum absolute atomic E-state index is 12.0. The van der Waals surface area contributed by atoms with Gasteiger partial charge in [0.2, 0.25) is 5.91 Å². The third-order valence-corrected chi connectivity index (χ3v) is 7.90. The molecule has 0 N–H and O–H groups in total. The fraction of sp³-hybridized carbons (Fsp3) is 0.370. The summed E-state index contributed by atoms with van der Waals surface area (Å²) in [6, 6.07) is 8.58. The van der Waals surface area contributed by atoms with Gasteiger partial charge in [0, 0.05) is 73.1 Å². The molecule has 1 aliphatic carbocycles. The molecule has 0 atom stereocenters. The van der Waals surface area contributed by atoms with Crippen molar-refractivity contribution in [3.63, 3.8) is 0 Å². The second kappa shape index (κ2) is 8.45. The van der Waals surface area contributed by atoms with Crippen LogP contribution < -0.4 is 0 Å². The molecule has 0 radical (unpaired) electrons. The zero-order valence-corrected chi connectivity index (χ0v) is 20.1. The SMILES string of the molecule is Cn1cc(-c2cccc(-c3ncc(-c4cnn([C@H]5CC[C@]6(CCC(=O)N6C)CC5)c4)cn3)c2)cn1. The summed E-state index contributed by atoms with van der Waals surface area (Å²) in [6.45, 7) is 0. The van der Waals surface area contributed by atoms with E-state index in [0.29, 0.717) is 18.3 Å². The quantitative estimate of drug-likeness (QED) is 0.441. The molecule has 0 bridgehead atoms. The van der Waals surface area contributed by atoms with Gasteiger partial charge in [0.1, 0.15) is 0 Å². The summed E-state index contributed by atoms with van der Waals surface area (Å²) in [5.74, 6) is 0.983. The number of rotatable bonds is 4. The third-order valence-electron chi connectivity index (χ3n) is 7.90. The lowest BCUT2D eigenvalue weighted by molar-refractivity contribution is -0.130. The van der Waals surface area contributed by atoms with Crippen molar-refractivity contribution in [2.24, 2.45) is 7.05 Å². The van der Waals surface area contributed by atoms with Gasteiger partial charge in [-0.1, -0.05) is 18.2 Å². The normalized spacial score (nSPS) is 22.3. The minimum Gasteiger partial charge on any atom is -0.340 e. The fourth-order valence-corrected chi connectivity index (χ4v) is 5.65. The molecule has 35 heavy (non-hydrogen) atoms. The first kappa shape index (κ1) is 21.7. The Bertz CT molecular complexity index is 1360. The number of hydrogen-bond acceptors (Lipinski definition) is 5. The van der Waals surface area contributed by atoms with Crippen molar-refractivity contribution in [2.75, 3.05) is 7.05 Å². The van der Waals surface area contributed by atoms with E-state index in [1.165, 1.54) is 0 Å². The van der Waals surface area contributed by atoms with Crippen molar-refractivity contribution in [3.05, 3.63) is 61.4 Å². The number of carbonyl (C=O) groups excluding carboxylic acids is 1. The van der Waals surface area contributed by atoms with E-state index in [-0.39, 0.29) is 11.4 Å².